The van der Waals surface area contributed by atoms with Crippen LogP contribution in [0.2, 0.25) is 0 Å². The summed E-state index contributed by atoms with van der Waals surface area (Å²) >= 11 is 0. The Morgan fingerprint density at radius 3 is 2.06 bits per heavy atom. The standard InChI is InChI=1S/C28H41N3O2S/c1-19(2)23-16-25(20(3)4)28(26(17-23)21(5)6)34(32,33)30-29-27(22-12-9-8-10-13-22)18-24-14-11-15-31(24)7/h8-10,12-13,16-17,19-21,24,30H,11,14-15,18H2,1-7H3. The molecular weight excluding hydrogens is 442 g/mol. The molecule has 1 aliphatic rings. The summed E-state index contributed by atoms with van der Waals surface area (Å²) in [6.45, 7) is 13.6. The molecule has 1 heterocycles. The van der Waals surface area contributed by atoms with Crippen LogP contribution in [-0.4, -0.2) is 38.7 Å². The molecule has 1 unspecified atom stereocenters. The third-order valence-corrected chi connectivity index (χ3v) is 8.20. The van der Waals surface area contributed by atoms with E-state index in [-0.39, 0.29) is 11.8 Å². The molecule has 1 N–H and O–H groups in total. The van der Waals surface area contributed by atoms with Crippen LogP contribution in [0.15, 0.2) is 52.5 Å². The highest BCUT2D eigenvalue weighted by Gasteiger charge is 2.28. The largest absolute Gasteiger partial charge is 0.303 e. The van der Waals surface area contributed by atoms with Crippen LogP contribution in [0.1, 0.15) is 101 Å². The van der Waals surface area contributed by atoms with Crippen LogP contribution in [0, 0.1) is 0 Å². The van der Waals surface area contributed by atoms with Gasteiger partial charge in [-0.1, -0.05) is 84.0 Å². The predicted molar refractivity (Wildman–Crippen MR) is 142 cm³/mol. The number of nitrogens with zero attached hydrogens (tertiary/aromatic N) is 2. The number of hydrogen-bond donors (Lipinski definition) is 1. The second-order valence-corrected chi connectivity index (χ2v) is 12.1. The molecule has 0 aromatic heterocycles. The molecule has 1 atom stereocenters. The second kappa shape index (κ2) is 11.0. The Labute approximate surface area is 206 Å². The average Bonchev–Trinajstić information content (AvgIpc) is 3.20. The van der Waals surface area contributed by atoms with Crippen molar-refractivity contribution in [1.82, 2.24) is 9.73 Å². The van der Waals surface area contributed by atoms with Gasteiger partial charge in [0, 0.05) is 12.5 Å². The van der Waals surface area contributed by atoms with Crippen LogP contribution >= 0.6 is 0 Å². The Morgan fingerprint density at radius 1 is 1.00 bits per heavy atom. The minimum absolute atomic E-state index is 0.0764. The minimum atomic E-state index is -3.86. The summed E-state index contributed by atoms with van der Waals surface area (Å²) in [4.78, 5) is 5.37. The molecule has 0 spiro atoms. The lowest BCUT2D eigenvalue weighted by Crippen LogP contribution is -2.29. The molecule has 1 saturated heterocycles. The second-order valence-electron chi connectivity index (χ2n) is 10.5. The van der Waals surface area contributed by atoms with E-state index in [1.807, 2.05) is 30.3 Å². The number of nitrogens with one attached hydrogen (secondary N) is 1. The number of hydrazone groups is 1. The SMILES string of the molecule is CC(C)c1cc(C(C)C)c(S(=O)(=O)NN=C(CC2CCCN2C)c2ccccc2)c(C(C)C)c1. The number of rotatable bonds is 9. The van der Waals surface area contributed by atoms with Gasteiger partial charge in [-0.3, -0.25) is 0 Å². The van der Waals surface area contributed by atoms with Gasteiger partial charge in [-0.05, 0) is 66.4 Å². The first-order valence-electron chi connectivity index (χ1n) is 12.5. The van der Waals surface area contributed by atoms with E-state index in [9.17, 15) is 8.42 Å². The smallest absolute Gasteiger partial charge is 0.277 e. The van der Waals surface area contributed by atoms with Crippen molar-refractivity contribution in [3.63, 3.8) is 0 Å². The van der Waals surface area contributed by atoms with E-state index in [0.29, 0.717) is 23.3 Å². The summed E-state index contributed by atoms with van der Waals surface area (Å²) in [5.41, 5.74) is 4.61. The van der Waals surface area contributed by atoms with Crippen LogP contribution in [0.3, 0.4) is 0 Å². The highest BCUT2D eigenvalue weighted by molar-refractivity contribution is 7.89. The fourth-order valence-corrected chi connectivity index (χ4v) is 6.21. The van der Waals surface area contributed by atoms with Gasteiger partial charge < -0.3 is 4.90 Å². The van der Waals surface area contributed by atoms with Gasteiger partial charge in [0.15, 0.2) is 0 Å². The zero-order valence-electron chi connectivity index (χ0n) is 21.8. The molecule has 2 aromatic carbocycles. The van der Waals surface area contributed by atoms with Crippen molar-refractivity contribution in [2.24, 2.45) is 5.10 Å². The number of likely N-dealkylation sites (tertiary alicyclic amines) is 1. The number of benzene rings is 2. The van der Waals surface area contributed by atoms with Crippen LogP contribution in [-0.2, 0) is 10.0 Å². The molecule has 186 valence electrons. The van der Waals surface area contributed by atoms with Crippen LogP contribution in [0.5, 0.6) is 0 Å². The molecule has 2 aromatic rings. The van der Waals surface area contributed by atoms with Crippen LogP contribution in [0.25, 0.3) is 0 Å². The van der Waals surface area contributed by atoms with Gasteiger partial charge in [0.2, 0.25) is 0 Å². The highest BCUT2D eigenvalue weighted by atomic mass is 32.2. The number of hydrogen-bond acceptors (Lipinski definition) is 4. The minimum Gasteiger partial charge on any atom is -0.303 e. The Bertz CT molecular complexity index is 1080. The quantitative estimate of drug-likeness (QED) is 0.340. The Kier molecular flexibility index (Phi) is 8.58. The maximum Gasteiger partial charge on any atom is 0.277 e. The zero-order chi connectivity index (χ0) is 25.0. The molecule has 1 fully saturated rings. The lowest BCUT2D eigenvalue weighted by molar-refractivity contribution is 0.318. The summed E-state index contributed by atoms with van der Waals surface area (Å²) in [5.74, 6) is 0.478. The van der Waals surface area contributed by atoms with E-state index in [1.165, 1.54) is 5.56 Å². The number of sulfonamides is 1. The average molecular weight is 484 g/mol. The van der Waals surface area contributed by atoms with Gasteiger partial charge in [-0.2, -0.15) is 18.4 Å². The predicted octanol–water partition coefficient (Wildman–Crippen LogP) is 6.22. The summed E-state index contributed by atoms with van der Waals surface area (Å²) in [6.07, 6.45) is 2.97. The maximum absolute atomic E-state index is 13.8. The molecule has 0 amide bonds. The molecule has 0 radical (unpaired) electrons. The van der Waals surface area contributed by atoms with Gasteiger partial charge in [-0.15, -0.1) is 0 Å². The third kappa shape index (κ3) is 6.08. The van der Waals surface area contributed by atoms with E-state index in [2.05, 4.69) is 75.6 Å². The summed E-state index contributed by atoms with van der Waals surface area (Å²) in [6, 6.07) is 14.4. The zero-order valence-corrected chi connectivity index (χ0v) is 22.6. The molecule has 6 heteroatoms. The Hall–Kier alpha value is -2.18. The first-order valence-corrected chi connectivity index (χ1v) is 14.0. The molecule has 1 aliphatic heterocycles. The van der Waals surface area contributed by atoms with Gasteiger partial charge in [0.05, 0.1) is 10.6 Å². The normalized spacial score (nSPS) is 17.8. The van der Waals surface area contributed by atoms with Crippen LogP contribution in [0.4, 0.5) is 0 Å². The van der Waals surface area contributed by atoms with E-state index in [0.717, 1.165) is 41.8 Å². The molecule has 0 aliphatic carbocycles. The first-order chi connectivity index (χ1) is 16.0. The van der Waals surface area contributed by atoms with E-state index < -0.39 is 10.0 Å². The third-order valence-electron chi connectivity index (χ3n) is 6.86. The molecule has 5 nitrogen and oxygen atoms in total. The first kappa shape index (κ1) is 26.4. The molecule has 3 rings (SSSR count). The molecular formula is C28H41N3O2S. The van der Waals surface area contributed by atoms with Crippen LogP contribution < -0.4 is 4.83 Å². The molecule has 0 bridgehead atoms. The van der Waals surface area contributed by atoms with Gasteiger partial charge >= 0.3 is 0 Å². The fourth-order valence-electron chi connectivity index (χ4n) is 4.68. The van der Waals surface area contributed by atoms with Crippen molar-refractivity contribution in [2.45, 2.75) is 89.5 Å². The maximum atomic E-state index is 13.8. The monoisotopic (exact) mass is 483 g/mol. The lowest BCUT2D eigenvalue weighted by Gasteiger charge is -2.23. The topological polar surface area (TPSA) is 61.8 Å². The Balaban J connectivity index is 2.06. The Morgan fingerprint density at radius 2 is 1.59 bits per heavy atom. The van der Waals surface area contributed by atoms with E-state index in [1.54, 1.807) is 0 Å². The lowest BCUT2D eigenvalue weighted by atomic mass is 9.89. The summed E-state index contributed by atoms with van der Waals surface area (Å²) in [7, 11) is -1.73. The molecule has 0 saturated carbocycles. The summed E-state index contributed by atoms with van der Waals surface area (Å²) < 4.78 is 27.5. The van der Waals surface area contributed by atoms with Gasteiger partial charge in [0.25, 0.3) is 10.0 Å². The van der Waals surface area contributed by atoms with Crippen molar-refractivity contribution in [2.75, 3.05) is 13.6 Å². The van der Waals surface area contributed by atoms with E-state index >= 15 is 0 Å². The van der Waals surface area contributed by atoms with Crippen molar-refractivity contribution in [1.29, 1.82) is 0 Å². The van der Waals surface area contributed by atoms with Crippen molar-refractivity contribution in [3.8, 4) is 0 Å². The van der Waals surface area contributed by atoms with Crippen molar-refractivity contribution < 1.29 is 8.42 Å². The van der Waals surface area contributed by atoms with E-state index in [4.69, 9.17) is 0 Å². The highest BCUT2D eigenvalue weighted by Crippen LogP contribution is 2.35. The van der Waals surface area contributed by atoms with Gasteiger partial charge in [0.1, 0.15) is 0 Å². The van der Waals surface area contributed by atoms with Crippen molar-refractivity contribution >= 4 is 15.7 Å². The van der Waals surface area contributed by atoms with Gasteiger partial charge in [-0.25, -0.2) is 0 Å². The summed E-state index contributed by atoms with van der Waals surface area (Å²) in [5, 5.41) is 4.55. The molecule has 34 heavy (non-hydrogen) atoms. The fraction of sp³-hybridized carbons (Fsp3) is 0.536. The van der Waals surface area contributed by atoms with Crippen molar-refractivity contribution in [3.05, 3.63) is 64.7 Å².